The Labute approximate surface area is 133 Å². The van der Waals surface area contributed by atoms with E-state index < -0.39 is 0 Å². The number of aromatic nitrogens is 2. The first kappa shape index (κ1) is 14.9. The number of nitrogens with one attached hydrogen (secondary N) is 1. The summed E-state index contributed by atoms with van der Waals surface area (Å²) < 4.78 is 12.5. The van der Waals surface area contributed by atoms with Gasteiger partial charge in [0.15, 0.2) is 0 Å². The zero-order valence-corrected chi connectivity index (χ0v) is 12.9. The van der Waals surface area contributed by atoms with Crippen molar-refractivity contribution in [3.05, 3.63) is 48.8 Å². The minimum Gasteiger partial charge on any atom is -0.497 e. The molecule has 0 bridgehead atoms. The maximum Gasteiger partial charge on any atom is 0.245 e. The van der Waals surface area contributed by atoms with Crippen LogP contribution in [-0.4, -0.2) is 29.7 Å². The number of hydrogen-bond acceptors (Lipinski definition) is 4. The molecule has 0 saturated carbocycles. The normalized spacial score (nSPS) is 10.5. The Bertz CT molecular complexity index is 828. The summed E-state index contributed by atoms with van der Waals surface area (Å²) in [7, 11) is 3.21. The molecule has 6 heteroatoms. The van der Waals surface area contributed by atoms with Crippen LogP contribution in [0.5, 0.6) is 11.5 Å². The Morgan fingerprint density at radius 3 is 2.78 bits per heavy atom. The molecular formula is C17H17N3O3. The highest BCUT2D eigenvalue weighted by molar-refractivity contribution is 5.93. The molecule has 1 amide bonds. The number of nitrogens with zero attached hydrogens (tertiary/aromatic N) is 2. The Morgan fingerprint density at radius 1 is 1.22 bits per heavy atom. The molecule has 1 aromatic carbocycles. The SMILES string of the molecule is COc1cc(OC)c2ccn(CC(=O)Nc3ccccn3)c2c1. The van der Waals surface area contributed by atoms with Crippen LogP contribution in [0.15, 0.2) is 48.8 Å². The molecule has 0 aliphatic rings. The van der Waals surface area contributed by atoms with Crippen LogP contribution in [0.25, 0.3) is 10.9 Å². The molecule has 0 aliphatic heterocycles. The van der Waals surface area contributed by atoms with Gasteiger partial charge in [-0.15, -0.1) is 0 Å². The standard InChI is InChI=1S/C17H17N3O3/c1-22-12-9-14-13(15(10-12)23-2)6-8-20(14)11-17(21)19-16-5-3-4-7-18-16/h3-10H,11H2,1-2H3,(H,18,19,21). The van der Waals surface area contributed by atoms with Crippen molar-refractivity contribution in [2.45, 2.75) is 6.54 Å². The predicted octanol–water partition coefficient (Wildman–Crippen LogP) is 2.69. The van der Waals surface area contributed by atoms with Crippen molar-refractivity contribution in [1.82, 2.24) is 9.55 Å². The molecule has 118 valence electrons. The molecule has 2 heterocycles. The molecule has 3 rings (SSSR count). The number of hydrogen-bond donors (Lipinski definition) is 1. The van der Waals surface area contributed by atoms with Gasteiger partial charge in [-0.05, 0) is 18.2 Å². The van der Waals surface area contributed by atoms with E-state index in [2.05, 4.69) is 10.3 Å². The van der Waals surface area contributed by atoms with Crippen molar-refractivity contribution >= 4 is 22.6 Å². The topological polar surface area (TPSA) is 65.4 Å². The molecule has 0 spiro atoms. The van der Waals surface area contributed by atoms with E-state index in [9.17, 15) is 4.79 Å². The first-order valence-electron chi connectivity index (χ1n) is 7.13. The van der Waals surface area contributed by atoms with Crippen LogP contribution in [0.2, 0.25) is 0 Å². The van der Waals surface area contributed by atoms with Crippen molar-refractivity contribution in [2.24, 2.45) is 0 Å². The number of carbonyl (C=O) groups is 1. The van der Waals surface area contributed by atoms with Crippen LogP contribution in [0, 0.1) is 0 Å². The van der Waals surface area contributed by atoms with Gasteiger partial charge < -0.3 is 19.4 Å². The smallest absolute Gasteiger partial charge is 0.245 e. The third-order valence-electron chi connectivity index (χ3n) is 3.53. The molecule has 1 N–H and O–H groups in total. The Morgan fingerprint density at radius 2 is 2.09 bits per heavy atom. The first-order chi connectivity index (χ1) is 11.2. The van der Waals surface area contributed by atoms with Gasteiger partial charge in [0.2, 0.25) is 5.91 Å². The Hall–Kier alpha value is -3.02. The van der Waals surface area contributed by atoms with Gasteiger partial charge in [-0.1, -0.05) is 6.07 Å². The average Bonchev–Trinajstić information content (AvgIpc) is 2.97. The highest BCUT2D eigenvalue weighted by Crippen LogP contribution is 2.31. The minimum absolute atomic E-state index is 0.150. The predicted molar refractivity (Wildman–Crippen MR) is 87.9 cm³/mol. The molecule has 0 aliphatic carbocycles. The van der Waals surface area contributed by atoms with Gasteiger partial charge in [0.25, 0.3) is 0 Å². The van der Waals surface area contributed by atoms with Crippen LogP contribution in [0.1, 0.15) is 0 Å². The number of ether oxygens (including phenoxy) is 2. The zero-order valence-electron chi connectivity index (χ0n) is 12.9. The van der Waals surface area contributed by atoms with E-state index in [1.54, 1.807) is 32.5 Å². The van der Waals surface area contributed by atoms with E-state index in [1.807, 2.05) is 35.0 Å². The van der Waals surface area contributed by atoms with Crippen molar-refractivity contribution in [3.63, 3.8) is 0 Å². The van der Waals surface area contributed by atoms with E-state index >= 15 is 0 Å². The summed E-state index contributed by atoms with van der Waals surface area (Å²) in [5, 5.41) is 3.70. The summed E-state index contributed by atoms with van der Waals surface area (Å²) in [6.45, 7) is 0.177. The number of rotatable bonds is 5. The number of carbonyl (C=O) groups excluding carboxylic acids is 1. The van der Waals surface area contributed by atoms with Gasteiger partial charge >= 0.3 is 0 Å². The number of anilines is 1. The van der Waals surface area contributed by atoms with Crippen molar-refractivity contribution in [1.29, 1.82) is 0 Å². The molecule has 0 atom stereocenters. The maximum absolute atomic E-state index is 12.2. The number of benzene rings is 1. The second kappa shape index (κ2) is 6.39. The minimum atomic E-state index is -0.150. The van der Waals surface area contributed by atoms with Gasteiger partial charge in [0, 0.05) is 29.9 Å². The van der Waals surface area contributed by atoms with Crippen LogP contribution in [-0.2, 0) is 11.3 Å². The van der Waals surface area contributed by atoms with Crippen LogP contribution in [0.4, 0.5) is 5.82 Å². The zero-order chi connectivity index (χ0) is 16.2. The Balaban J connectivity index is 1.87. The fourth-order valence-electron chi connectivity index (χ4n) is 2.44. The fourth-order valence-corrected chi connectivity index (χ4v) is 2.44. The summed E-state index contributed by atoms with van der Waals surface area (Å²) >= 11 is 0. The highest BCUT2D eigenvalue weighted by Gasteiger charge is 2.12. The van der Waals surface area contributed by atoms with Crippen molar-refractivity contribution in [3.8, 4) is 11.5 Å². The molecule has 23 heavy (non-hydrogen) atoms. The van der Waals surface area contributed by atoms with Crippen molar-refractivity contribution < 1.29 is 14.3 Å². The molecule has 6 nitrogen and oxygen atoms in total. The van der Waals surface area contributed by atoms with Gasteiger partial charge in [0.05, 0.1) is 19.7 Å². The third-order valence-corrected chi connectivity index (χ3v) is 3.53. The lowest BCUT2D eigenvalue weighted by Crippen LogP contribution is -2.18. The van der Waals surface area contributed by atoms with Crippen LogP contribution in [0.3, 0.4) is 0 Å². The molecule has 0 saturated heterocycles. The summed E-state index contributed by atoms with van der Waals surface area (Å²) in [4.78, 5) is 16.3. The highest BCUT2D eigenvalue weighted by atomic mass is 16.5. The summed E-state index contributed by atoms with van der Waals surface area (Å²) in [5.74, 6) is 1.77. The average molecular weight is 311 g/mol. The summed E-state index contributed by atoms with van der Waals surface area (Å²) in [6.07, 6.45) is 3.49. The summed E-state index contributed by atoms with van der Waals surface area (Å²) in [6, 6.07) is 11.0. The largest absolute Gasteiger partial charge is 0.497 e. The van der Waals surface area contributed by atoms with Gasteiger partial charge in [-0.2, -0.15) is 0 Å². The lowest BCUT2D eigenvalue weighted by molar-refractivity contribution is -0.116. The van der Waals surface area contributed by atoms with Crippen LogP contribution < -0.4 is 14.8 Å². The van der Waals surface area contributed by atoms with E-state index in [-0.39, 0.29) is 12.5 Å². The van der Waals surface area contributed by atoms with Crippen LogP contribution >= 0.6 is 0 Å². The van der Waals surface area contributed by atoms with E-state index in [0.717, 1.165) is 10.9 Å². The molecular weight excluding hydrogens is 294 g/mol. The molecule has 0 unspecified atom stereocenters. The third kappa shape index (κ3) is 3.11. The monoisotopic (exact) mass is 311 g/mol. The molecule has 0 fully saturated rings. The van der Waals surface area contributed by atoms with Gasteiger partial charge in [-0.3, -0.25) is 4.79 Å². The number of pyridine rings is 1. The first-order valence-corrected chi connectivity index (χ1v) is 7.13. The molecule has 0 radical (unpaired) electrons. The Kier molecular flexibility index (Phi) is 4.14. The second-order valence-electron chi connectivity index (χ2n) is 4.97. The molecule has 2 aromatic heterocycles. The van der Waals surface area contributed by atoms with Crippen molar-refractivity contribution in [2.75, 3.05) is 19.5 Å². The maximum atomic E-state index is 12.2. The van der Waals surface area contributed by atoms with E-state index in [0.29, 0.717) is 17.3 Å². The lowest BCUT2D eigenvalue weighted by atomic mass is 10.2. The number of amides is 1. The van der Waals surface area contributed by atoms with E-state index in [4.69, 9.17) is 9.47 Å². The van der Waals surface area contributed by atoms with Gasteiger partial charge in [-0.25, -0.2) is 4.98 Å². The number of fused-ring (bicyclic) bond motifs is 1. The molecule has 3 aromatic rings. The van der Waals surface area contributed by atoms with Gasteiger partial charge in [0.1, 0.15) is 23.9 Å². The van der Waals surface area contributed by atoms with E-state index in [1.165, 1.54) is 0 Å². The second-order valence-corrected chi connectivity index (χ2v) is 4.97. The quantitative estimate of drug-likeness (QED) is 0.787. The number of methoxy groups -OCH3 is 2. The summed E-state index contributed by atoms with van der Waals surface area (Å²) in [5.41, 5.74) is 0.873. The lowest BCUT2D eigenvalue weighted by Gasteiger charge is -2.09. The fraction of sp³-hybridized carbons (Fsp3) is 0.176.